The van der Waals surface area contributed by atoms with Gasteiger partial charge in [0.15, 0.2) is 0 Å². The van der Waals surface area contributed by atoms with E-state index in [9.17, 15) is 13.6 Å². The van der Waals surface area contributed by atoms with Crippen LogP contribution >= 0.6 is 0 Å². The Labute approximate surface area is 81.6 Å². The normalized spacial score (nSPS) is 24.3. The van der Waals surface area contributed by atoms with Crippen LogP contribution in [0.25, 0.3) is 0 Å². The van der Waals surface area contributed by atoms with Crippen LogP contribution in [0, 0.1) is 5.41 Å². The Morgan fingerprint density at radius 3 is 2.21 bits per heavy atom. The molecule has 0 bridgehead atoms. The van der Waals surface area contributed by atoms with Crippen molar-refractivity contribution in [1.29, 1.82) is 0 Å². The third-order valence-corrected chi connectivity index (χ3v) is 2.95. The quantitative estimate of drug-likeness (QED) is 0.694. The highest BCUT2D eigenvalue weighted by Gasteiger charge is 2.47. The second kappa shape index (κ2) is 3.81. The van der Waals surface area contributed by atoms with Gasteiger partial charge in [-0.05, 0) is 12.8 Å². The second-order valence-corrected chi connectivity index (χ2v) is 3.83. The molecule has 0 aromatic rings. The van der Waals surface area contributed by atoms with Crippen molar-refractivity contribution >= 4 is 5.97 Å². The molecule has 1 fully saturated rings. The largest absolute Gasteiger partial charge is 0.469 e. The minimum Gasteiger partial charge on any atom is -0.469 e. The number of esters is 1. The number of hydrogen-bond acceptors (Lipinski definition) is 3. The summed E-state index contributed by atoms with van der Waals surface area (Å²) < 4.78 is 30.3. The van der Waals surface area contributed by atoms with Gasteiger partial charge in [0.05, 0.1) is 12.5 Å². The summed E-state index contributed by atoms with van der Waals surface area (Å²) >= 11 is 0. The van der Waals surface area contributed by atoms with Gasteiger partial charge in [-0.1, -0.05) is 0 Å². The Balaban J connectivity index is 2.71. The fraction of sp³-hybridized carbons (Fsp3) is 0.889. The third-order valence-electron chi connectivity index (χ3n) is 2.95. The van der Waals surface area contributed by atoms with Gasteiger partial charge in [-0.25, -0.2) is 8.78 Å². The molecule has 0 heterocycles. The zero-order valence-electron chi connectivity index (χ0n) is 8.19. The molecule has 0 aliphatic heterocycles. The van der Waals surface area contributed by atoms with E-state index in [2.05, 4.69) is 4.74 Å². The van der Waals surface area contributed by atoms with E-state index >= 15 is 0 Å². The fourth-order valence-corrected chi connectivity index (χ4v) is 1.80. The number of ether oxygens (including phenoxy) is 1. The van der Waals surface area contributed by atoms with Crippen molar-refractivity contribution in [2.45, 2.75) is 31.6 Å². The maximum absolute atomic E-state index is 12.9. The van der Waals surface area contributed by atoms with Crippen LogP contribution in [-0.2, 0) is 9.53 Å². The molecule has 0 spiro atoms. The molecular weight excluding hydrogens is 192 g/mol. The lowest BCUT2D eigenvalue weighted by Gasteiger charge is -2.36. The number of alkyl halides is 2. The van der Waals surface area contributed by atoms with Crippen LogP contribution in [0.5, 0.6) is 0 Å². The van der Waals surface area contributed by atoms with Crippen molar-refractivity contribution < 1.29 is 18.3 Å². The summed E-state index contributed by atoms with van der Waals surface area (Å²) in [5.41, 5.74) is 4.58. The molecule has 1 rings (SSSR count). The first kappa shape index (κ1) is 11.4. The lowest BCUT2D eigenvalue weighted by molar-refractivity contribution is -0.159. The predicted molar refractivity (Wildman–Crippen MR) is 46.9 cm³/mol. The number of rotatable bonds is 2. The van der Waals surface area contributed by atoms with Gasteiger partial charge in [-0.3, -0.25) is 4.79 Å². The van der Waals surface area contributed by atoms with Crippen LogP contribution in [0.4, 0.5) is 8.78 Å². The fourth-order valence-electron chi connectivity index (χ4n) is 1.80. The standard InChI is InChI=1S/C9H15F2NO2/c1-14-7(13)8(6-12)2-4-9(10,11)5-3-8/h2-6,12H2,1H3. The Bertz CT molecular complexity index is 221. The van der Waals surface area contributed by atoms with E-state index in [-0.39, 0.29) is 32.2 Å². The van der Waals surface area contributed by atoms with Crippen LogP contribution in [0.1, 0.15) is 25.7 Å². The van der Waals surface area contributed by atoms with Crippen molar-refractivity contribution in [3.63, 3.8) is 0 Å². The molecule has 2 N–H and O–H groups in total. The molecule has 14 heavy (non-hydrogen) atoms. The number of carbonyl (C=O) groups is 1. The van der Waals surface area contributed by atoms with E-state index in [1.54, 1.807) is 0 Å². The number of nitrogens with two attached hydrogens (primary N) is 1. The lowest BCUT2D eigenvalue weighted by Crippen LogP contribution is -2.45. The Morgan fingerprint density at radius 2 is 1.86 bits per heavy atom. The highest BCUT2D eigenvalue weighted by Crippen LogP contribution is 2.43. The first-order valence-corrected chi connectivity index (χ1v) is 4.62. The number of halogens is 2. The third kappa shape index (κ3) is 2.03. The number of methoxy groups -OCH3 is 1. The summed E-state index contributed by atoms with van der Waals surface area (Å²) in [6.07, 6.45) is -0.328. The highest BCUT2D eigenvalue weighted by atomic mass is 19.3. The van der Waals surface area contributed by atoms with Crippen LogP contribution in [0.15, 0.2) is 0 Å². The predicted octanol–water partition coefficient (Wildman–Crippen LogP) is 1.31. The van der Waals surface area contributed by atoms with E-state index in [4.69, 9.17) is 5.73 Å². The maximum atomic E-state index is 12.9. The van der Waals surface area contributed by atoms with E-state index in [0.717, 1.165) is 0 Å². The van der Waals surface area contributed by atoms with Gasteiger partial charge in [0.25, 0.3) is 0 Å². The van der Waals surface area contributed by atoms with Gasteiger partial charge in [-0.15, -0.1) is 0 Å². The van der Waals surface area contributed by atoms with Gasteiger partial charge < -0.3 is 10.5 Å². The summed E-state index contributed by atoms with van der Waals surface area (Å²) in [6, 6.07) is 0. The van der Waals surface area contributed by atoms with Crippen molar-refractivity contribution in [3.05, 3.63) is 0 Å². The van der Waals surface area contributed by atoms with Crippen molar-refractivity contribution in [2.24, 2.45) is 11.1 Å². The first-order valence-electron chi connectivity index (χ1n) is 4.62. The average molecular weight is 207 g/mol. The molecule has 0 aromatic carbocycles. The topological polar surface area (TPSA) is 52.3 Å². The van der Waals surface area contributed by atoms with Crippen molar-refractivity contribution in [3.8, 4) is 0 Å². The van der Waals surface area contributed by atoms with Gasteiger partial charge in [0.1, 0.15) is 0 Å². The lowest BCUT2D eigenvalue weighted by atomic mass is 9.73. The molecule has 82 valence electrons. The van der Waals surface area contributed by atoms with Gasteiger partial charge >= 0.3 is 5.97 Å². The highest BCUT2D eigenvalue weighted by molar-refractivity contribution is 5.77. The molecule has 0 aromatic heterocycles. The number of carbonyl (C=O) groups excluding carboxylic acids is 1. The Kier molecular flexibility index (Phi) is 3.09. The van der Waals surface area contributed by atoms with E-state index in [1.165, 1.54) is 7.11 Å². The molecular formula is C9H15F2NO2. The molecule has 0 amide bonds. The molecule has 5 heteroatoms. The smallest absolute Gasteiger partial charge is 0.313 e. The minimum atomic E-state index is -2.65. The van der Waals surface area contributed by atoms with Gasteiger partial charge in [-0.2, -0.15) is 0 Å². The molecule has 0 unspecified atom stereocenters. The zero-order chi connectivity index (χ0) is 10.8. The summed E-state index contributed by atoms with van der Waals surface area (Å²) in [5, 5.41) is 0. The van der Waals surface area contributed by atoms with Gasteiger partial charge in [0, 0.05) is 19.4 Å². The summed E-state index contributed by atoms with van der Waals surface area (Å²) in [5.74, 6) is -3.11. The molecule has 3 nitrogen and oxygen atoms in total. The molecule has 0 saturated heterocycles. The second-order valence-electron chi connectivity index (χ2n) is 3.83. The Morgan fingerprint density at radius 1 is 1.36 bits per heavy atom. The van der Waals surface area contributed by atoms with Crippen LogP contribution in [0.3, 0.4) is 0 Å². The zero-order valence-corrected chi connectivity index (χ0v) is 8.19. The van der Waals surface area contributed by atoms with E-state index < -0.39 is 17.3 Å². The number of hydrogen-bond donors (Lipinski definition) is 1. The Hall–Kier alpha value is -0.710. The van der Waals surface area contributed by atoms with Gasteiger partial charge in [0.2, 0.25) is 5.92 Å². The summed E-state index contributed by atoms with van der Waals surface area (Å²) in [7, 11) is 1.26. The van der Waals surface area contributed by atoms with Crippen LogP contribution in [0.2, 0.25) is 0 Å². The molecule has 1 saturated carbocycles. The first-order chi connectivity index (χ1) is 6.46. The van der Waals surface area contributed by atoms with E-state index in [1.807, 2.05) is 0 Å². The van der Waals surface area contributed by atoms with Crippen molar-refractivity contribution in [1.82, 2.24) is 0 Å². The molecule has 1 aliphatic carbocycles. The average Bonchev–Trinajstić information content (AvgIpc) is 2.18. The van der Waals surface area contributed by atoms with E-state index in [0.29, 0.717) is 0 Å². The minimum absolute atomic E-state index is 0.0791. The van der Waals surface area contributed by atoms with Crippen LogP contribution < -0.4 is 5.73 Å². The summed E-state index contributed by atoms with van der Waals surface area (Å²) in [4.78, 5) is 11.4. The van der Waals surface area contributed by atoms with Crippen LogP contribution in [-0.4, -0.2) is 25.5 Å². The molecule has 0 atom stereocenters. The monoisotopic (exact) mass is 207 g/mol. The van der Waals surface area contributed by atoms with Crippen molar-refractivity contribution in [2.75, 3.05) is 13.7 Å². The maximum Gasteiger partial charge on any atom is 0.313 e. The summed E-state index contributed by atoms with van der Waals surface area (Å²) in [6.45, 7) is 0.0791. The SMILES string of the molecule is COC(=O)C1(CN)CCC(F)(F)CC1. The molecule has 1 aliphatic rings. The molecule has 0 radical (unpaired) electrons.